The van der Waals surface area contributed by atoms with Gasteiger partial charge < -0.3 is 15.3 Å². The second-order valence-electron chi connectivity index (χ2n) is 4.48. The monoisotopic (exact) mass is 228 g/mol. The number of amides is 1. The van der Waals surface area contributed by atoms with Gasteiger partial charge in [-0.15, -0.1) is 0 Å². The molecule has 1 rings (SSSR count). The van der Waals surface area contributed by atoms with Crippen molar-refractivity contribution in [3.8, 4) is 0 Å². The topological polar surface area (TPSA) is 52.6 Å². The van der Waals surface area contributed by atoms with Crippen molar-refractivity contribution in [3.05, 3.63) is 0 Å². The number of carbonyl (C=O) groups excluding carboxylic acids is 1. The van der Waals surface area contributed by atoms with Crippen LogP contribution < -0.4 is 5.32 Å². The van der Waals surface area contributed by atoms with Gasteiger partial charge in [0, 0.05) is 25.6 Å². The predicted molar refractivity (Wildman–Crippen MR) is 64.2 cm³/mol. The molecule has 1 amide bonds. The summed E-state index contributed by atoms with van der Waals surface area (Å²) >= 11 is 0. The van der Waals surface area contributed by atoms with Crippen LogP contribution in [0.4, 0.5) is 0 Å². The summed E-state index contributed by atoms with van der Waals surface area (Å²) in [5.74, 6) is 0.431. The molecule has 0 aromatic rings. The Morgan fingerprint density at radius 2 is 2.12 bits per heavy atom. The van der Waals surface area contributed by atoms with Gasteiger partial charge in [-0.25, -0.2) is 0 Å². The number of hydrogen-bond donors (Lipinski definition) is 2. The van der Waals surface area contributed by atoms with Crippen molar-refractivity contribution >= 4 is 5.91 Å². The van der Waals surface area contributed by atoms with E-state index >= 15 is 0 Å². The van der Waals surface area contributed by atoms with E-state index in [0.29, 0.717) is 0 Å². The average molecular weight is 228 g/mol. The molecular weight excluding hydrogens is 204 g/mol. The molecule has 0 aliphatic carbocycles. The molecule has 0 bridgehead atoms. The highest BCUT2D eigenvalue weighted by molar-refractivity contribution is 5.78. The first kappa shape index (κ1) is 13.5. The lowest BCUT2D eigenvalue weighted by Crippen LogP contribution is -2.41. The van der Waals surface area contributed by atoms with Crippen LogP contribution in [0.3, 0.4) is 0 Å². The third-order valence-corrected chi connectivity index (χ3v) is 3.14. The van der Waals surface area contributed by atoms with Crippen molar-refractivity contribution in [2.24, 2.45) is 5.92 Å². The first-order valence-corrected chi connectivity index (χ1v) is 6.38. The smallest absolute Gasteiger partial charge is 0.223 e. The van der Waals surface area contributed by atoms with Crippen molar-refractivity contribution in [1.82, 2.24) is 10.2 Å². The van der Waals surface area contributed by atoms with E-state index in [2.05, 4.69) is 17.1 Å². The van der Waals surface area contributed by atoms with Crippen LogP contribution in [0.2, 0.25) is 0 Å². The fourth-order valence-electron chi connectivity index (χ4n) is 2.11. The number of aliphatic hydroxyl groups is 1. The van der Waals surface area contributed by atoms with Gasteiger partial charge in [0.15, 0.2) is 0 Å². The van der Waals surface area contributed by atoms with Gasteiger partial charge in [-0.05, 0) is 38.8 Å². The van der Waals surface area contributed by atoms with Crippen LogP contribution in [-0.4, -0.2) is 48.7 Å². The van der Waals surface area contributed by atoms with Crippen LogP contribution in [0, 0.1) is 5.92 Å². The first-order valence-electron chi connectivity index (χ1n) is 6.38. The number of rotatable bonds is 6. The Kier molecular flexibility index (Phi) is 6.42. The van der Waals surface area contributed by atoms with E-state index in [1.807, 2.05) is 0 Å². The Morgan fingerprint density at radius 3 is 2.69 bits per heavy atom. The second kappa shape index (κ2) is 7.63. The zero-order valence-corrected chi connectivity index (χ0v) is 10.2. The van der Waals surface area contributed by atoms with E-state index in [4.69, 9.17) is 5.11 Å². The molecular formula is C12H24N2O2. The lowest BCUT2D eigenvalue weighted by Gasteiger charge is -2.31. The first-order chi connectivity index (χ1) is 7.77. The summed E-state index contributed by atoms with van der Waals surface area (Å²) in [6.45, 7) is 6.06. The van der Waals surface area contributed by atoms with Crippen LogP contribution in [0.25, 0.3) is 0 Å². The van der Waals surface area contributed by atoms with Crippen molar-refractivity contribution in [1.29, 1.82) is 0 Å². The van der Waals surface area contributed by atoms with Gasteiger partial charge in [-0.2, -0.15) is 0 Å². The number of piperidine rings is 1. The molecule has 4 nitrogen and oxygen atoms in total. The maximum atomic E-state index is 11.7. The molecule has 0 aromatic heterocycles. The van der Waals surface area contributed by atoms with Crippen molar-refractivity contribution in [2.45, 2.75) is 32.6 Å². The highest BCUT2D eigenvalue weighted by Gasteiger charge is 2.23. The lowest BCUT2D eigenvalue weighted by atomic mass is 9.96. The van der Waals surface area contributed by atoms with Crippen LogP contribution in [0.15, 0.2) is 0 Å². The van der Waals surface area contributed by atoms with Crippen LogP contribution >= 0.6 is 0 Å². The summed E-state index contributed by atoms with van der Waals surface area (Å²) in [6, 6.07) is 0. The molecule has 94 valence electrons. The van der Waals surface area contributed by atoms with E-state index in [-0.39, 0.29) is 18.4 Å². The maximum Gasteiger partial charge on any atom is 0.223 e. The Bertz CT molecular complexity index is 201. The standard InChI is InChI=1S/C12H24N2O2/c1-2-6-13-12(16)11-4-8-14(9-5-11)7-3-10-15/h11,15H,2-10H2,1H3,(H,13,16). The fraction of sp³-hybridized carbons (Fsp3) is 0.917. The Morgan fingerprint density at radius 1 is 1.44 bits per heavy atom. The van der Waals surface area contributed by atoms with Crippen LogP contribution in [0.5, 0.6) is 0 Å². The third-order valence-electron chi connectivity index (χ3n) is 3.14. The van der Waals surface area contributed by atoms with E-state index < -0.39 is 0 Å². The third kappa shape index (κ3) is 4.49. The normalized spacial score (nSPS) is 18.6. The molecule has 1 fully saturated rings. The van der Waals surface area contributed by atoms with E-state index in [9.17, 15) is 4.79 Å². The number of hydrogen-bond acceptors (Lipinski definition) is 3. The van der Waals surface area contributed by atoms with Gasteiger partial charge in [-0.1, -0.05) is 6.92 Å². The van der Waals surface area contributed by atoms with Crippen LogP contribution in [0.1, 0.15) is 32.6 Å². The molecule has 0 aromatic carbocycles. The molecule has 0 atom stereocenters. The summed E-state index contributed by atoms with van der Waals surface area (Å²) in [4.78, 5) is 14.0. The van der Waals surface area contributed by atoms with Gasteiger partial charge in [0.25, 0.3) is 0 Å². The van der Waals surface area contributed by atoms with Gasteiger partial charge >= 0.3 is 0 Å². The second-order valence-corrected chi connectivity index (χ2v) is 4.48. The quantitative estimate of drug-likeness (QED) is 0.700. The Balaban J connectivity index is 2.18. The number of nitrogens with zero attached hydrogens (tertiary/aromatic N) is 1. The zero-order valence-electron chi connectivity index (χ0n) is 10.2. The SMILES string of the molecule is CCCNC(=O)C1CCN(CCCO)CC1. The predicted octanol–water partition coefficient (Wildman–Crippen LogP) is 0.607. The van der Waals surface area contributed by atoms with Crippen molar-refractivity contribution in [3.63, 3.8) is 0 Å². The minimum Gasteiger partial charge on any atom is -0.396 e. The van der Waals surface area contributed by atoms with Crippen LogP contribution in [-0.2, 0) is 4.79 Å². The largest absolute Gasteiger partial charge is 0.396 e. The molecule has 2 N–H and O–H groups in total. The molecule has 0 unspecified atom stereocenters. The maximum absolute atomic E-state index is 11.7. The number of carbonyl (C=O) groups is 1. The fourth-order valence-corrected chi connectivity index (χ4v) is 2.11. The number of aliphatic hydroxyl groups excluding tert-OH is 1. The molecule has 4 heteroatoms. The van der Waals surface area contributed by atoms with E-state index in [1.54, 1.807) is 0 Å². The number of likely N-dealkylation sites (tertiary alicyclic amines) is 1. The van der Waals surface area contributed by atoms with Gasteiger partial charge in [0.05, 0.1) is 0 Å². The minimum atomic E-state index is 0.205. The molecule has 1 aliphatic rings. The average Bonchev–Trinajstić information content (AvgIpc) is 2.34. The Hall–Kier alpha value is -0.610. The summed E-state index contributed by atoms with van der Waals surface area (Å²) < 4.78 is 0. The summed E-state index contributed by atoms with van der Waals surface area (Å²) in [5.41, 5.74) is 0. The molecule has 1 saturated heterocycles. The molecule has 1 heterocycles. The molecule has 0 saturated carbocycles. The summed E-state index contributed by atoms with van der Waals surface area (Å²) in [6.07, 6.45) is 3.76. The molecule has 1 aliphatic heterocycles. The van der Waals surface area contributed by atoms with Gasteiger partial charge in [-0.3, -0.25) is 4.79 Å². The molecule has 0 spiro atoms. The highest BCUT2D eigenvalue weighted by Crippen LogP contribution is 2.17. The minimum absolute atomic E-state index is 0.205. The Labute approximate surface area is 98.0 Å². The van der Waals surface area contributed by atoms with E-state index in [1.165, 1.54) is 0 Å². The zero-order chi connectivity index (χ0) is 11.8. The molecule has 0 radical (unpaired) electrons. The number of nitrogens with one attached hydrogen (secondary N) is 1. The van der Waals surface area contributed by atoms with Gasteiger partial charge in [0.2, 0.25) is 5.91 Å². The highest BCUT2D eigenvalue weighted by atomic mass is 16.3. The van der Waals surface area contributed by atoms with Gasteiger partial charge in [0.1, 0.15) is 0 Å². The molecule has 16 heavy (non-hydrogen) atoms. The van der Waals surface area contributed by atoms with Crippen molar-refractivity contribution < 1.29 is 9.90 Å². The van der Waals surface area contributed by atoms with E-state index in [0.717, 1.165) is 51.9 Å². The van der Waals surface area contributed by atoms with Crippen molar-refractivity contribution in [2.75, 3.05) is 32.8 Å². The summed E-state index contributed by atoms with van der Waals surface area (Å²) in [7, 11) is 0. The lowest BCUT2D eigenvalue weighted by molar-refractivity contribution is -0.126. The summed E-state index contributed by atoms with van der Waals surface area (Å²) in [5, 5.41) is 11.7.